The zero-order valence-corrected chi connectivity index (χ0v) is 22.4. The van der Waals surface area contributed by atoms with Crippen LogP contribution >= 0.6 is 11.3 Å². The van der Waals surface area contributed by atoms with E-state index in [1.165, 1.54) is 11.3 Å². The molecule has 0 radical (unpaired) electrons. The Hall–Kier alpha value is -4.17. The molecule has 4 aromatic rings. The topological polar surface area (TPSA) is 77.0 Å². The molecule has 0 fully saturated rings. The number of ether oxygens (including phenoxy) is 1. The van der Waals surface area contributed by atoms with E-state index in [1.807, 2.05) is 72.8 Å². The highest BCUT2D eigenvalue weighted by Crippen LogP contribution is 2.35. The summed E-state index contributed by atoms with van der Waals surface area (Å²) in [5, 5.41) is 0. The fourth-order valence-electron chi connectivity index (χ4n) is 4.65. The summed E-state index contributed by atoms with van der Waals surface area (Å²) >= 11 is 1.28. The van der Waals surface area contributed by atoms with Gasteiger partial charge in [0.15, 0.2) is 10.7 Å². The highest BCUT2D eigenvalue weighted by Gasteiger charge is 2.35. The zero-order chi connectivity index (χ0) is 26.6. The number of fused-ring (bicyclic) bond motifs is 1. The molecule has 5 rings (SSSR count). The van der Waals surface area contributed by atoms with Crippen LogP contribution in [0.1, 0.15) is 43.7 Å². The van der Waals surface area contributed by atoms with Crippen molar-refractivity contribution in [3.8, 4) is 0 Å². The molecule has 194 valence electrons. The Kier molecular flexibility index (Phi) is 7.42. The minimum absolute atomic E-state index is 0.212. The molecule has 0 N–H and O–H groups in total. The maximum atomic E-state index is 13.9. The molecular formula is C30H29N3O4S. The summed E-state index contributed by atoms with van der Waals surface area (Å²) in [6, 6.07) is 22.1. The Morgan fingerprint density at radius 1 is 1.03 bits per heavy atom. The lowest BCUT2D eigenvalue weighted by Crippen LogP contribution is -2.39. The average Bonchev–Trinajstić information content (AvgIpc) is 3.53. The second kappa shape index (κ2) is 11.1. The Balaban J connectivity index is 1.75. The number of benzene rings is 2. The van der Waals surface area contributed by atoms with Gasteiger partial charge in [0.2, 0.25) is 0 Å². The molecule has 38 heavy (non-hydrogen) atoms. The van der Waals surface area contributed by atoms with Crippen LogP contribution in [0, 0.1) is 0 Å². The molecule has 0 spiro atoms. The van der Waals surface area contributed by atoms with Gasteiger partial charge in [-0.2, -0.15) is 0 Å². The van der Waals surface area contributed by atoms with E-state index in [2.05, 4.69) is 18.7 Å². The van der Waals surface area contributed by atoms with Gasteiger partial charge in [-0.05, 0) is 32.4 Å². The van der Waals surface area contributed by atoms with E-state index in [0.717, 1.165) is 30.1 Å². The van der Waals surface area contributed by atoms with Gasteiger partial charge >= 0.3 is 5.97 Å². The summed E-state index contributed by atoms with van der Waals surface area (Å²) in [7, 11) is 0. The normalized spacial score (nSPS) is 15.2. The first-order valence-corrected chi connectivity index (χ1v) is 13.6. The molecule has 0 aliphatic carbocycles. The number of furan rings is 1. The predicted molar refractivity (Wildman–Crippen MR) is 150 cm³/mol. The quantitative estimate of drug-likeness (QED) is 0.318. The van der Waals surface area contributed by atoms with Gasteiger partial charge in [0.1, 0.15) is 5.76 Å². The molecular weight excluding hydrogens is 498 g/mol. The molecule has 3 heterocycles. The summed E-state index contributed by atoms with van der Waals surface area (Å²) in [4.78, 5) is 34.8. The van der Waals surface area contributed by atoms with Crippen LogP contribution in [0.3, 0.4) is 0 Å². The van der Waals surface area contributed by atoms with Crippen molar-refractivity contribution >= 4 is 35.0 Å². The largest absolute Gasteiger partial charge is 0.463 e. The third-order valence-corrected chi connectivity index (χ3v) is 7.43. The van der Waals surface area contributed by atoms with Crippen LogP contribution in [-0.4, -0.2) is 30.2 Å². The molecule has 7 nitrogen and oxygen atoms in total. The number of anilines is 1. The van der Waals surface area contributed by atoms with E-state index in [9.17, 15) is 9.59 Å². The van der Waals surface area contributed by atoms with Crippen LogP contribution in [0.4, 0.5) is 5.88 Å². The fraction of sp³-hybridized carbons (Fsp3) is 0.233. The van der Waals surface area contributed by atoms with E-state index >= 15 is 0 Å². The van der Waals surface area contributed by atoms with Gasteiger partial charge in [0.05, 0.1) is 28.5 Å². The van der Waals surface area contributed by atoms with Crippen LogP contribution in [0.5, 0.6) is 0 Å². The van der Waals surface area contributed by atoms with E-state index in [-0.39, 0.29) is 12.2 Å². The van der Waals surface area contributed by atoms with Crippen LogP contribution in [-0.2, 0) is 9.53 Å². The maximum Gasteiger partial charge on any atom is 0.338 e. The summed E-state index contributed by atoms with van der Waals surface area (Å²) in [6.45, 7) is 7.76. The Bertz CT molecular complexity index is 1640. The highest BCUT2D eigenvalue weighted by atomic mass is 32.1. The molecule has 0 saturated heterocycles. The Morgan fingerprint density at radius 2 is 1.71 bits per heavy atom. The van der Waals surface area contributed by atoms with Gasteiger partial charge in [-0.25, -0.2) is 9.79 Å². The van der Waals surface area contributed by atoms with Crippen LogP contribution < -0.4 is 19.8 Å². The van der Waals surface area contributed by atoms with Crippen LogP contribution in [0.2, 0.25) is 0 Å². The molecule has 8 heteroatoms. The van der Waals surface area contributed by atoms with Crippen molar-refractivity contribution in [3.05, 3.63) is 115 Å². The first-order valence-electron chi connectivity index (χ1n) is 12.7. The van der Waals surface area contributed by atoms with Crippen molar-refractivity contribution in [2.45, 2.75) is 26.8 Å². The molecule has 1 atom stereocenters. The first-order chi connectivity index (χ1) is 18.5. The highest BCUT2D eigenvalue weighted by molar-refractivity contribution is 7.07. The zero-order valence-electron chi connectivity index (χ0n) is 21.6. The van der Waals surface area contributed by atoms with Gasteiger partial charge in [-0.3, -0.25) is 9.36 Å². The number of aromatic nitrogens is 1. The SMILES string of the molecule is CCOC(=O)C1=C(c2ccccc2)N=c2s/c(=C\c3ccc(N(CC)CC)o3)c(=O)n2[C@@H]1c1ccccc1. The van der Waals surface area contributed by atoms with E-state index in [1.54, 1.807) is 17.6 Å². The summed E-state index contributed by atoms with van der Waals surface area (Å²) in [5.41, 5.74) is 2.19. The average molecular weight is 528 g/mol. The summed E-state index contributed by atoms with van der Waals surface area (Å²) in [5.74, 6) is 0.849. The molecule has 0 bridgehead atoms. The number of nitrogens with zero attached hydrogens (tertiary/aromatic N) is 3. The van der Waals surface area contributed by atoms with Gasteiger partial charge in [-0.1, -0.05) is 72.0 Å². The van der Waals surface area contributed by atoms with Gasteiger partial charge in [0, 0.05) is 30.8 Å². The minimum atomic E-state index is -0.688. The van der Waals surface area contributed by atoms with Crippen molar-refractivity contribution in [2.24, 2.45) is 4.99 Å². The lowest BCUT2D eigenvalue weighted by molar-refractivity contribution is -0.138. The second-order valence-corrected chi connectivity index (χ2v) is 9.70. The number of hydrogen-bond donors (Lipinski definition) is 0. The lowest BCUT2D eigenvalue weighted by atomic mass is 9.93. The molecule has 0 saturated carbocycles. The lowest BCUT2D eigenvalue weighted by Gasteiger charge is -2.25. The monoisotopic (exact) mass is 527 g/mol. The number of carbonyl (C=O) groups is 1. The third kappa shape index (κ3) is 4.75. The summed E-state index contributed by atoms with van der Waals surface area (Å²) < 4.78 is 13.6. The number of hydrogen-bond acceptors (Lipinski definition) is 7. The smallest absolute Gasteiger partial charge is 0.338 e. The third-order valence-electron chi connectivity index (χ3n) is 6.45. The molecule has 1 aliphatic rings. The number of esters is 1. The Morgan fingerprint density at radius 3 is 2.37 bits per heavy atom. The fourth-order valence-corrected chi connectivity index (χ4v) is 5.63. The number of rotatable bonds is 8. The molecule has 0 amide bonds. The van der Waals surface area contributed by atoms with Crippen molar-refractivity contribution in [3.63, 3.8) is 0 Å². The van der Waals surface area contributed by atoms with Crippen molar-refractivity contribution in [2.75, 3.05) is 24.6 Å². The minimum Gasteiger partial charge on any atom is -0.463 e. The standard InChI is InChI=1S/C30H29N3O4S/c1-4-32(5-2)24-18-17-22(37-24)19-23-28(34)33-27(21-15-11-8-12-16-21)25(29(35)36-6-3)26(31-30(33)38-23)20-13-9-7-10-14-20/h7-19,27H,4-6H2,1-3H3/b23-19-/t27-/m1/s1. The first kappa shape index (κ1) is 25.5. The second-order valence-electron chi connectivity index (χ2n) is 8.69. The number of carbonyl (C=O) groups excluding carboxylic acids is 1. The molecule has 2 aromatic heterocycles. The van der Waals surface area contributed by atoms with Crippen molar-refractivity contribution < 1.29 is 13.9 Å². The number of thiazole rings is 1. The van der Waals surface area contributed by atoms with Crippen molar-refractivity contribution in [1.29, 1.82) is 0 Å². The van der Waals surface area contributed by atoms with E-state index < -0.39 is 12.0 Å². The van der Waals surface area contributed by atoms with E-state index in [4.69, 9.17) is 14.1 Å². The maximum absolute atomic E-state index is 13.9. The molecule has 1 aliphatic heterocycles. The predicted octanol–water partition coefficient (Wildman–Crippen LogP) is 4.37. The summed E-state index contributed by atoms with van der Waals surface area (Å²) in [6.07, 6.45) is 1.75. The molecule has 2 aromatic carbocycles. The van der Waals surface area contributed by atoms with Crippen LogP contribution in [0.25, 0.3) is 11.8 Å². The van der Waals surface area contributed by atoms with Gasteiger partial charge in [-0.15, -0.1) is 0 Å². The van der Waals surface area contributed by atoms with Crippen LogP contribution in [0.15, 0.2) is 92.6 Å². The van der Waals surface area contributed by atoms with Gasteiger partial charge < -0.3 is 14.1 Å². The van der Waals surface area contributed by atoms with Gasteiger partial charge in [0.25, 0.3) is 5.56 Å². The Labute approximate surface area is 224 Å². The van der Waals surface area contributed by atoms with E-state index in [0.29, 0.717) is 26.4 Å². The van der Waals surface area contributed by atoms with Crippen molar-refractivity contribution in [1.82, 2.24) is 4.57 Å². The molecule has 0 unspecified atom stereocenters.